The molecule has 0 N–H and O–H groups in total. The summed E-state index contributed by atoms with van der Waals surface area (Å²) in [5.41, 5.74) is 1.49. The van der Waals surface area contributed by atoms with Gasteiger partial charge in [0.2, 0.25) is 0 Å². The number of hydrogen-bond donors (Lipinski definition) is 0. The minimum atomic E-state index is 0.0590. The fraction of sp³-hybridized carbons (Fsp3) is 0.250. The van der Waals surface area contributed by atoms with Crippen LogP contribution in [-0.4, -0.2) is 5.78 Å². The zero-order valence-electron chi connectivity index (χ0n) is 8.63. The Morgan fingerprint density at radius 3 is 2.80 bits per heavy atom. The van der Waals surface area contributed by atoms with Gasteiger partial charge in [-0.1, -0.05) is 22.9 Å². The molecule has 3 heteroatoms. The van der Waals surface area contributed by atoms with Crippen LogP contribution < -0.4 is 0 Å². The van der Waals surface area contributed by atoms with Crippen LogP contribution >= 0.6 is 15.9 Å². The van der Waals surface area contributed by atoms with Gasteiger partial charge in [0.1, 0.15) is 11.3 Å². The fourth-order valence-electron chi connectivity index (χ4n) is 1.76. The molecule has 0 spiro atoms. The number of halogens is 1. The second kappa shape index (κ2) is 3.81. The smallest absolute Gasteiger partial charge is 0.163 e. The molecular weight excluding hydrogens is 256 g/mol. The van der Waals surface area contributed by atoms with E-state index in [1.165, 1.54) is 0 Å². The Bertz CT molecular complexity index is 526. The van der Waals surface area contributed by atoms with Crippen LogP contribution in [0.4, 0.5) is 0 Å². The molecule has 78 valence electrons. The number of hydrogen-bond acceptors (Lipinski definition) is 2. The van der Waals surface area contributed by atoms with Crippen LogP contribution in [0.15, 0.2) is 27.1 Å². The van der Waals surface area contributed by atoms with E-state index in [4.69, 9.17) is 4.42 Å². The summed E-state index contributed by atoms with van der Waals surface area (Å²) in [4.78, 5) is 11.5. The summed E-state index contributed by atoms with van der Waals surface area (Å²) < 4.78 is 6.58. The van der Waals surface area contributed by atoms with E-state index < -0.39 is 0 Å². The van der Waals surface area contributed by atoms with Gasteiger partial charge in [0.25, 0.3) is 0 Å². The second-order valence-electron chi connectivity index (χ2n) is 3.45. The third-order valence-corrected chi connectivity index (χ3v) is 2.89. The summed E-state index contributed by atoms with van der Waals surface area (Å²) >= 11 is 3.39. The molecule has 2 aromatic rings. The highest BCUT2D eigenvalue weighted by Gasteiger charge is 2.16. The summed E-state index contributed by atoms with van der Waals surface area (Å²) in [6.07, 6.45) is 0.737. The number of ketones is 1. The van der Waals surface area contributed by atoms with Gasteiger partial charge in [-0.2, -0.15) is 0 Å². The number of benzene rings is 1. The first-order valence-corrected chi connectivity index (χ1v) is 5.64. The van der Waals surface area contributed by atoms with Crippen molar-refractivity contribution >= 4 is 32.7 Å². The maximum Gasteiger partial charge on any atom is 0.163 e. The molecule has 1 aromatic heterocycles. The lowest BCUT2D eigenvalue weighted by Gasteiger charge is -1.94. The zero-order chi connectivity index (χ0) is 11.0. The van der Waals surface area contributed by atoms with Gasteiger partial charge in [0.05, 0.1) is 5.56 Å². The number of Topliss-reactive ketones (excluding diaryl/α,β-unsaturated/α-hetero) is 1. The number of rotatable bonds is 2. The minimum absolute atomic E-state index is 0.0590. The molecular formula is C12H11BrO2. The van der Waals surface area contributed by atoms with Crippen molar-refractivity contribution in [3.8, 4) is 0 Å². The normalized spacial score (nSPS) is 10.9. The molecule has 0 aliphatic carbocycles. The van der Waals surface area contributed by atoms with E-state index in [2.05, 4.69) is 15.9 Å². The average molecular weight is 267 g/mol. The van der Waals surface area contributed by atoms with E-state index in [9.17, 15) is 4.79 Å². The number of carbonyl (C=O) groups excluding carboxylic acids is 1. The second-order valence-corrected chi connectivity index (χ2v) is 4.37. The third kappa shape index (κ3) is 1.72. The predicted octanol–water partition coefficient (Wildman–Crippen LogP) is 3.96. The maximum atomic E-state index is 11.5. The quantitative estimate of drug-likeness (QED) is 0.771. The Morgan fingerprint density at radius 2 is 2.20 bits per heavy atom. The van der Waals surface area contributed by atoms with Crippen molar-refractivity contribution in [1.82, 2.24) is 0 Å². The molecule has 0 aliphatic rings. The van der Waals surface area contributed by atoms with Crippen LogP contribution in [0.3, 0.4) is 0 Å². The van der Waals surface area contributed by atoms with E-state index in [1.54, 1.807) is 6.92 Å². The standard InChI is InChI=1S/C12H11BrO2/c1-3-10-12(7(2)14)9-6-8(13)4-5-11(9)15-10/h4-6H,3H2,1-2H3. The SMILES string of the molecule is CCc1oc2ccc(Br)cc2c1C(C)=O. The van der Waals surface area contributed by atoms with Crippen LogP contribution in [0.2, 0.25) is 0 Å². The first kappa shape index (κ1) is 10.4. The van der Waals surface area contributed by atoms with Crippen molar-refractivity contribution < 1.29 is 9.21 Å². The molecule has 0 saturated heterocycles. The van der Waals surface area contributed by atoms with Crippen molar-refractivity contribution in [2.24, 2.45) is 0 Å². The molecule has 0 radical (unpaired) electrons. The monoisotopic (exact) mass is 266 g/mol. The molecule has 0 unspecified atom stereocenters. The van der Waals surface area contributed by atoms with E-state index in [0.717, 1.165) is 27.6 Å². The van der Waals surface area contributed by atoms with E-state index in [1.807, 2.05) is 25.1 Å². The Balaban J connectivity index is 2.82. The minimum Gasteiger partial charge on any atom is -0.460 e. The molecule has 0 bridgehead atoms. The summed E-state index contributed by atoms with van der Waals surface area (Å²) in [6.45, 7) is 3.56. The molecule has 2 nitrogen and oxygen atoms in total. The van der Waals surface area contributed by atoms with Crippen molar-refractivity contribution in [3.05, 3.63) is 34.0 Å². The third-order valence-electron chi connectivity index (χ3n) is 2.40. The number of furan rings is 1. The van der Waals surface area contributed by atoms with Gasteiger partial charge in [-0.3, -0.25) is 4.79 Å². The maximum absolute atomic E-state index is 11.5. The number of carbonyl (C=O) groups is 1. The molecule has 0 aliphatic heterocycles. The highest BCUT2D eigenvalue weighted by Crippen LogP contribution is 2.29. The van der Waals surface area contributed by atoms with E-state index in [-0.39, 0.29) is 5.78 Å². The van der Waals surface area contributed by atoms with E-state index >= 15 is 0 Å². The Hall–Kier alpha value is -1.09. The van der Waals surface area contributed by atoms with Crippen molar-refractivity contribution in [2.45, 2.75) is 20.3 Å². The van der Waals surface area contributed by atoms with Crippen molar-refractivity contribution in [1.29, 1.82) is 0 Å². The lowest BCUT2D eigenvalue weighted by molar-refractivity contribution is 0.101. The molecule has 1 aromatic carbocycles. The molecule has 0 fully saturated rings. The summed E-state index contributed by atoms with van der Waals surface area (Å²) in [6, 6.07) is 5.72. The van der Waals surface area contributed by atoms with Gasteiger partial charge in [-0.15, -0.1) is 0 Å². The molecule has 1 heterocycles. The van der Waals surface area contributed by atoms with Crippen molar-refractivity contribution in [3.63, 3.8) is 0 Å². The van der Waals surface area contributed by atoms with Gasteiger partial charge < -0.3 is 4.42 Å². The van der Waals surface area contributed by atoms with Gasteiger partial charge in [-0.25, -0.2) is 0 Å². The van der Waals surface area contributed by atoms with Gasteiger partial charge in [0, 0.05) is 16.3 Å². The lowest BCUT2D eigenvalue weighted by atomic mass is 10.1. The largest absolute Gasteiger partial charge is 0.460 e. The summed E-state index contributed by atoms with van der Waals surface area (Å²) in [5, 5.41) is 0.897. The Morgan fingerprint density at radius 1 is 1.47 bits per heavy atom. The first-order valence-electron chi connectivity index (χ1n) is 4.85. The highest BCUT2D eigenvalue weighted by atomic mass is 79.9. The van der Waals surface area contributed by atoms with Gasteiger partial charge in [0.15, 0.2) is 5.78 Å². The summed E-state index contributed by atoms with van der Waals surface area (Å²) in [7, 11) is 0. The van der Waals surface area contributed by atoms with Gasteiger partial charge in [-0.05, 0) is 25.1 Å². The zero-order valence-corrected chi connectivity index (χ0v) is 10.2. The topological polar surface area (TPSA) is 30.2 Å². The number of aryl methyl sites for hydroxylation is 1. The molecule has 0 saturated carbocycles. The molecule has 0 atom stereocenters. The van der Waals surface area contributed by atoms with Crippen LogP contribution in [0.25, 0.3) is 11.0 Å². The van der Waals surface area contributed by atoms with Crippen LogP contribution in [0, 0.1) is 0 Å². The number of fused-ring (bicyclic) bond motifs is 1. The average Bonchev–Trinajstić information content (AvgIpc) is 2.55. The Labute approximate surface area is 96.4 Å². The Kier molecular flexibility index (Phi) is 2.65. The van der Waals surface area contributed by atoms with Gasteiger partial charge >= 0.3 is 0 Å². The first-order chi connectivity index (χ1) is 7.13. The van der Waals surface area contributed by atoms with Crippen LogP contribution in [0.5, 0.6) is 0 Å². The van der Waals surface area contributed by atoms with Crippen LogP contribution in [0.1, 0.15) is 30.0 Å². The summed E-state index contributed by atoms with van der Waals surface area (Å²) in [5.74, 6) is 0.833. The predicted molar refractivity (Wildman–Crippen MR) is 63.3 cm³/mol. The molecule has 2 rings (SSSR count). The molecule has 15 heavy (non-hydrogen) atoms. The van der Waals surface area contributed by atoms with Crippen molar-refractivity contribution in [2.75, 3.05) is 0 Å². The van der Waals surface area contributed by atoms with Crippen LogP contribution in [-0.2, 0) is 6.42 Å². The molecule has 0 amide bonds. The fourth-order valence-corrected chi connectivity index (χ4v) is 2.12. The lowest BCUT2D eigenvalue weighted by Crippen LogP contribution is -1.94. The van der Waals surface area contributed by atoms with E-state index in [0.29, 0.717) is 5.56 Å². The highest BCUT2D eigenvalue weighted by molar-refractivity contribution is 9.10.